The molecule has 154 valence electrons. The van der Waals surface area contributed by atoms with E-state index in [2.05, 4.69) is 21.5 Å². The molecular weight excluding hydrogens is 386 g/mol. The molecule has 0 unspecified atom stereocenters. The molecule has 0 aromatic heterocycles. The van der Waals surface area contributed by atoms with Gasteiger partial charge in [-0.3, -0.25) is 4.79 Å². The average molecular weight is 414 g/mol. The summed E-state index contributed by atoms with van der Waals surface area (Å²) in [4.78, 5) is 15.0. The Morgan fingerprint density at radius 1 is 1.03 bits per heavy atom. The lowest BCUT2D eigenvalue weighted by Gasteiger charge is -2.22. The monoisotopic (exact) mass is 413 g/mol. The van der Waals surface area contributed by atoms with Crippen molar-refractivity contribution in [2.24, 2.45) is 0 Å². The van der Waals surface area contributed by atoms with Gasteiger partial charge in [0.1, 0.15) is 0 Å². The van der Waals surface area contributed by atoms with Gasteiger partial charge in [-0.15, -0.1) is 6.58 Å². The number of rotatable bonds is 7. The molecule has 1 heterocycles. The van der Waals surface area contributed by atoms with E-state index in [0.29, 0.717) is 5.69 Å². The Balaban J connectivity index is 1.68. The fourth-order valence-corrected chi connectivity index (χ4v) is 4.39. The zero-order valence-corrected chi connectivity index (χ0v) is 17.2. The molecule has 3 rings (SSSR count). The molecule has 1 aliphatic heterocycles. The van der Waals surface area contributed by atoms with Gasteiger partial charge in [-0.2, -0.15) is 0 Å². The topological polar surface area (TPSA) is 78.5 Å². The van der Waals surface area contributed by atoms with Gasteiger partial charge in [0.25, 0.3) is 5.91 Å². The van der Waals surface area contributed by atoms with Gasteiger partial charge in [0, 0.05) is 36.6 Å². The first-order valence-corrected chi connectivity index (χ1v) is 11.3. The summed E-state index contributed by atoms with van der Waals surface area (Å²) in [5.74, 6) is -0.353. The highest BCUT2D eigenvalue weighted by atomic mass is 32.2. The van der Waals surface area contributed by atoms with Crippen molar-refractivity contribution in [3.8, 4) is 0 Å². The summed E-state index contributed by atoms with van der Waals surface area (Å²) in [7, 11) is -3.68. The van der Waals surface area contributed by atoms with Gasteiger partial charge in [0.15, 0.2) is 0 Å². The Hall–Kier alpha value is -2.64. The van der Waals surface area contributed by atoms with E-state index < -0.39 is 10.0 Å². The quantitative estimate of drug-likeness (QED) is 0.677. The summed E-state index contributed by atoms with van der Waals surface area (Å²) in [6.07, 6.45) is 6.44. The molecule has 0 saturated carbocycles. The molecule has 7 heteroatoms. The van der Waals surface area contributed by atoms with Crippen LogP contribution in [0, 0.1) is 0 Å². The molecule has 0 bridgehead atoms. The average Bonchev–Trinajstić information content (AvgIpc) is 3.02. The molecule has 2 N–H and O–H groups in total. The van der Waals surface area contributed by atoms with Crippen molar-refractivity contribution in [2.75, 3.05) is 29.9 Å². The number of carbonyl (C=O) groups is 1. The van der Waals surface area contributed by atoms with Crippen LogP contribution in [0.1, 0.15) is 36.0 Å². The van der Waals surface area contributed by atoms with Crippen molar-refractivity contribution < 1.29 is 13.2 Å². The third-order valence-electron chi connectivity index (χ3n) is 4.92. The number of sulfonamides is 1. The van der Waals surface area contributed by atoms with Crippen LogP contribution in [0.25, 0.3) is 0 Å². The number of carbonyl (C=O) groups excluding carboxylic acids is 1. The van der Waals surface area contributed by atoms with Crippen molar-refractivity contribution in [2.45, 2.75) is 30.6 Å². The van der Waals surface area contributed by atoms with E-state index in [0.717, 1.165) is 18.8 Å². The number of nitrogens with one attached hydrogen (secondary N) is 2. The number of anilines is 2. The van der Waals surface area contributed by atoms with Crippen molar-refractivity contribution in [3.63, 3.8) is 0 Å². The smallest absolute Gasteiger partial charge is 0.255 e. The summed E-state index contributed by atoms with van der Waals surface area (Å²) in [6, 6.07) is 13.8. The van der Waals surface area contributed by atoms with E-state index >= 15 is 0 Å². The Kier molecular flexibility index (Phi) is 7.06. The van der Waals surface area contributed by atoms with Crippen LogP contribution in [0.3, 0.4) is 0 Å². The molecule has 0 spiro atoms. The second kappa shape index (κ2) is 9.71. The van der Waals surface area contributed by atoms with Crippen molar-refractivity contribution in [1.82, 2.24) is 4.72 Å². The van der Waals surface area contributed by atoms with Gasteiger partial charge in [-0.05, 0) is 55.3 Å². The molecule has 1 fully saturated rings. The maximum Gasteiger partial charge on any atom is 0.255 e. The first-order valence-electron chi connectivity index (χ1n) is 9.86. The van der Waals surface area contributed by atoms with E-state index in [4.69, 9.17) is 0 Å². The van der Waals surface area contributed by atoms with E-state index in [1.807, 2.05) is 24.3 Å². The molecule has 29 heavy (non-hydrogen) atoms. The van der Waals surface area contributed by atoms with Crippen LogP contribution in [0.15, 0.2) is 66.1 Å². The number of benzene rings is 2. The summed E-state index contributed by atoms with van der Waals surface area (Å²) in [5, 5.41) is 2.83. The zero-order chi connectivity index (χ0) is 20.7. The van der Waals surface area contributed by atoms with Crippen LogP contribution in [-0.2, 0) is 10.0 Å². The third kappa shape index (κ3) is 5.68. The molecule has 0 aliphatic carbocycles. The molecule has 6 nitrogen and oxygen atoms in total. The number of nitrogens with zero attached hydrogens (tertiary/aromatic N) is 1. The predicted octanol–water partition coefficient (Wildman–Crippen LogP) is 3.78. The maximum atomic E-state index is 12.6. The van der Waals surface area contributed by atoms with Gasteiger partial charge in [-0.25, -0.2) is 13.1 Å². The van der Waals surface area contributed by atoms with Crippen LogP contribution in [0.2, 0.25) is 0 Å². The first-order chi connectivity index (χ1) is 14.0. The lowest BCUT2D eigenvalue weighted by molar-refractivity contribution is 0.102. The van der Waals surface area contributed by atoms with Crippen LogP contribution in [0.4, 0.5) is 11.4 Å². The molecule has 2 aromatic carbocycles. The van der Waals surface area contributed by atoms with Gasteiger partial charge in [0.05, 0.1) is 4.90 Å². The van der Waals surface area contributed by atoms with Crippen LogP contribution < -0.4 is 14.9 Å². The molecule has 0 atom stereocenters. The van der Waals surface area contributed by atoms with E-state index in [9.17, 15) is 13.2 Å². The Bertz CT molecular complexity index is 948. The van der Waals surface area contributed by atoms with Gasteiger partial charge < -0.3 is 10.2 Å². The van der Waals surface area contributed by atoms with Gasteiger partial charge in [-0.1, -0.05) is 25.0 Å². The fraction of sp³-hybridized carbons (Fsp3) is 0.318. The third-order valence-corrected chi connectivity index (χ3v) is 6.34. The van der Waals surface area contributed by atoms with Crippen LogP contribution in [0.5, 0.6) is 0 Å². The molecule has 2 aromatic rings. The van der Waals surface area contributed by atoms with Crippen molar-refractivity contribution in [3.05, 3.63) is 66.7 Å². The number of hydrogen-bond acceptors (Lipinski definition) is 4. The van der Waals surface area contributed by atoms with Crippen LogP contribution >= 0.6 is 0 Å². The zero-order valence-electron chi connectivity index (χ0n) is 16.4. The summed E-state index contributed by atoms with van der Waals surface area (Å²) < 4.78 is 26.9. The highest BCUT2D eigenvalue weighted by Gasteiger charge is 2.16. The SMILES string of the molecule is C=CCNS(=O)(=O)c1cccc(C(=O)Nc2ccc(N3CCCCCC3)cc2)c1. The lowest BCUT2D eigenvalue weighted by atomic mass is 10.2. The largest absolute Gasteiger partial charge is 0.372 e. The molecule has 1 aliphatic rings. The minimum absolute atomic E-state index is 0.0449. The Morgan fingerprint density at radius 3 is 2.38 bits per heavy atom. The Morgan fingerprint density at radius 2 is 1.72 bits per heavy atom. The standard InChI is InChI=1S/C22H27N3O3S/c1-2-14-23-29(27,28)21-9-7-8-18(17-21)22(26)24-19-10-12-20(13-11-19)25-15-5-3-4-6-16-25/h2,7-13,17,23H,1,3-6,14-16H2,(H,24,26). The van der Waals surface area contributed by atoms with Gasteiger partial charge in [0.2, 0.25) is 10.0 Å². The highest BCUT2D eigenvalue weighted by molar-refractivity contribution is 7.89. The molecule has 1 saturated heterocycles. The van der Waals surface area contributed by atoms with Crippen molar-refractivity contribution in [1.29, 1.82) is 0 Å². The predicted molar refractivity (Wildman–Crippen MR) is 117 cm³/mol. The number of hydrogen-bond donors (Lipinski definition) is 2. The van der Waals surface area contributed by atoms with E-state index in [1.165, 1.54) is 43.9 Å². The molecule has 0 radical (unpaired) electrons. The minimum Gasteiger partial charge on any atom is -0.372 e. The summed E-state index contributed by atoms with van der Waals surface area (Å²) in [5.41, 5.74) is 2.11. The normalized spacial score (nSPS) is 14.8. The van der Waals surface area contributed by atoms with Crippen LogP contribution in [-0.4, -0.2) is 34.0 Å². The van der Waals surface area contributed by atoms with Crippen molar-refractivity contribution >= 4 is 27.3 Å². The first kappa shape index (κ1) is 21.1. The summed E-state index contributed by atoms with van der Waals surface area (Å²) >= 11 is 0. The summed E-state index contributed by atoms with van der Waals surface area (Å²) in [6.45, 7) is 5.75. The fourth-order valence-electron chi connectivity index (χ4n) is 3.34. The molecular formula is C22H27N3O3S. The van der Waals surface area contributed by atoms with E-state index in [1.54, 1.807) is 12.1 Å². The lowest BCUT2D eigenvalue weighted by Crippen LogP contribution is -2.24. The van der Waals surface area contributed by atoms with Gasteiger partial charge >= 0.3 is 0 Å². The molecule has 1 amide bonds. The maximum absolute atomic E-state index is 12.6. The minimum atomic E-state index is -3.68. The number of amides is 1. The highest BCUT2D eigenvalue weighted by Crippen LogP contribution is 2.22. The Labute approximate surface area is 172 Å². The second-order valence-electron chi connectivity index (χ2n) is 7.07. The van der Waals surface area contributed by atoms with E-state index in [-0.39, 0.29) is 22.9 Å². The second-order valence-corrected chi connectivity index (χ2v) is 8.84.